The average Bonchev–Trinajstić information content (AvgIpc) is 2.54. The minimum absolute atomic E-state index is 0.00253. The summed E-state index contributed by atoms with van der Waals surface area (Å²) in [6.07, 6.45) is 1.42. The minimum Gasteiger partial charge on any atom is -0.350 e. The Morgan fingerprint density at radius 1 is 0.958 bits per heavy atom. The molecule has 0 aliphatic carbocycles. The predicted octanol–water partition coefficient (Wildman–Crippen LogP) is 2.67. The van der Waals surface area contributed by atoms with Crippen LogP contribution in [0.15, 0.2) is 42.6 Å². The fraction of sp³-hybridized carbons (Fsp3) is 0.222. The molecule has 2 amide bonds. The Morgan fingerprint density at radius 2 is 1.62 bits per heavy atom. The van der Waals surface area contributed by atoms with Crippen LogP contribution in [0.25, 0.3) is 0 Å². The summed E-state index contributed by atoms with van der Waals surface area (Å²) in [5.41, 5.74) is 1.63. The molecule has 0 aliphatic rings. The first kappa shape index (κ1) is 17.3. The van der Waals surface area contributed by atoms with Crippen molar-refractivity contribution in [1.82, 2.24) is 10.3 Å². The van der Waals surface area contributed by atoms with E-state index in [0.29, 0.717) is 16.8 Å². The molecule has 24 heavy (non-hydrogen) atoms. The highest BCUT2D eigenvalue weighted by atomic mass is 16.2. The van der Waals surface area contributed by atoms with Crippen LogP contribution in [-0.2, 0) is 0 Å². The lowest BCUT2D eigenvalue weighted by molar-refractivity contribution is 0.0942. The predicted molar refractivity (Wildman–Crippen MR) is 91.2 cm³/mol. The normalized spacial score (nSPS) is 10.3. The maximum absolute atomic E-state index is 12.3. The standard InChI is InChI=1S/C18H19N3O3/c1-11(2)20-17(23)14-8-9-19-16(10-14)18(24)21-15-6-4-13(5-7-15)12(3)22/h4-11H,1-3H3,(H,20,23)(H,21,24). The van der Waals surface area contributed by atoms with Crippen molar-refractivity contribution in [3.63, 3.8) is 0 Å². The van der Waals surface area contributed by atoms with Crippen molar-refractivity contribution >= 4 is 23.3 Å². The third-order valence-electron chi connectivity index (χ3n) is 3.22. The molecular weight excluding hydrogens is 306 g/mol. The topological polar surface area (TPSA) is 88.2 Å². The number of nitrogens with zero attached hydrogens (tertiary/aromatic N) is 1. The van der Waals surface area contributed by atoms with Gasteiger partial charge < -0.3 is 10.6 Å². The van der Waals surface area contributed by atoms with E-state index in [9.17, 15) is 14.4 Å². The van der Waals surface area contributed by atoms with E-state index in [1.165, 1.54) is 19.2 Å². The van der Waals surface area contributed by atoms with E-state index >= 15 is 0 Å². The Labute approximate surface area is 140 Å². The Kier molecular flexibility index (Phi) is 5.42. The molecule has 1 heterocycles. The number of nitrogens with one attached hydrogen (secondary N) is 2. The van der Waals surface area contributed by atoms with Gasteiger partial charge in [0.15, 0.2) is 5.78 Å². The van der Waals surface area contributed by atoms with Gasteiger partial charge in [0, 0.05) is 29.1 Å². The second-order valence-electron chi connectivity index (χ2n) is 5.65. The third-order valence-corrected chi connectivity index (χ3v) is 3.22. The van der Waals surface area contributed by atoms with Crippen molar-refractivity contribution in [1.29, 1.82) is 0 Å². The van der Waals surface area contributed by atoms with E-state index in [1.807, 2.05) is 13.8 Å². The van der Waals surface area contributed by atoms with Crippen LogP contribution < -0.4 is 10.6 Å². The molecular formula is C18H19N3O3. The van der Waals surface area contributed by atoms with Crippen LogP contribution in [0, 0.1) is 0 Å². The fourth-order valence-electron chi connectivity index (χ4n) is 2.02. The lowest BCUT2D eigenvalue weighted by Gasteiger charge is -2.09. The lowest BCUT2D eigenvalue weighted by atomic mass is 10.1. The third kappa shape index (κ3) is 4.49. The summed E-state index contributed by atoms with van der Waals surface area (Å²) in [6.45, 7) is 5.19. The number of pyridine rings is 1. The van der Waals surface area contributed by atoms with Gasteiger partial charge in [-0.3, -0.25) is 19.4 Å². The quantitative estimate of drug-likeness (QED) is 0.827. The summed E-state index contributed by atoms with van der Waals surface area (Å²) in [5.74, 6) is -0.726. The van der Waals surface area contributed by atoms with Crippen LogP contribution in [0.1, 0.15) is 52.0 Å². The molecule has 2 aromatic rings. The van der Waals surface area contributed by atoms with E-state index in [0.717, 1.165) is 0 Å². The van der Waals surface area contributed by atoms with Gasteiger partial charge in [-0.15, -0.1) is 0 Å². The number of aromatic nitrogens is 1. The molecule has 124 valence electrons. The summed E-state index contributed by atoms with van der Waals surface area (Å²) in [6, 6.07) is 9.55. The van der Waals surface area contributed by atoms with E-state index < -0.39 is 5.91 Å². The summed E-state index contributed by atoms with van der Waals surface area (Å²) in [5, 5.41) is 5.45. The summed E-state index contributed by atoms with van der Waals surface area (Å²) >= 11 is 0. The van der Waals surface area contributed by atoms with Crippen LogP contribution in [0.2, 0.25) is 0 Å². The van der Waals surface area contributed by atoms with Gasteiger partial charge in [0.05, 0.1) is 0 Å². The Hall–Kier alpha value is -3.02. The number of hydrogen-bond donors (Lipinski definition) is 2. The number of rotatable bonds is 5. The van der Waals surface area contributed by atoms with Gasteiger partial charge in [0.1, 0.15) is 5.69 Å². The van der Waals surface area contributed by atoms with Crippen LogP contribution in [0.3, 0.4) is 0 Å². The number of benzene rings is 1. The molecule has 1 aromatic carbocycles. The van der Waals surface area contributed by atoms with E-state index in [1.54, 1.807) is 30.3 Å². The number of ketones is 1. The molecule has 6 heteroatoms. The Morgan fingerprint density at radius 3 is 2.21 bits per heavy atom. The molecule has 6 nitrogen and oxygen atoms in total. The van der Waals surface area contributed by atoms with Crippen molar-refractivity contribution in [3.8, 4) is 0 Å². The van der Waals surface area contributed by atoms with Crippen molar-refractivity contribution in [2.24, 2.45) is 0 Å². The van der Waals surface area contributed by atoms with Crippen LogP contribution in [0.4, 0.5) is 5.69 Å². The average molecular weight is 325 g/mol. The van der Waals surface area contributed by atoms with Crippen molar-refractivity contribution in [2.45, 2.75) is 26.8 Å². The smallest absolute Gasteiger partial charge is 0.274 e. The van der Waals surface area contributed by atoms with Crippen molar-refractivity contribution < 1.29 is 14.4 Å². The molecule has 0 unspecified atom stereocenters. The highest BCUT2D eigenvalue weighted by molar-refractivity contribution is 6.05. The van der Waals surface area contributed by atoms with Crippen LogP contribution in [-0.4, -0.2) is 28.6 Å². The zero-order valence-electron chi connectivity index (χ0n) is 13.8. The maximum Gasteiger partial charge on any atom is 0.274 e. The SMILES string of the molecule is CC(=O)c1ccc(NC(=O)c2cc(C(=O)NC(C)C)ccn2)cc1. The van der Waals surface area contributed by atoms with Gasteiger partial charge in [0.2, 0.25) is 0 Å². The monoisotopic (exact) mass is 325 g/mol. The molecule has 0 fully saturated rings. The second-order valence-corrected chi connectivity index (χ2v) is 5.65. The summed E-state index contributed by atoms with van der Waals surface area (Å²) in [7, 11) is 0. The van der Waals surface area contributed by atoms with Gasteiger partial charge in [-0.25, -0.2) is 0 Å². The first-order chi connectivity index (χ1) is 11.4. The van der Waals surface area contributed by atoms with Crippen molar-refractivity contribution in [3.05, 3.63) is 59.4 Å². The molecule has 2 rings (SSSR count). The molecule has 1 aromatic heterocycles. The molecule has 0 spiro atoms. The zero-order valence-corrected chi connectivity index (χ0v) is 13.8. The highest BCUT2D eigenvalue weighted by Crippen LogP contribution is 2.12. The molecule has 0 saturated heterocycles. The zero-order chi connectivity index (χ0) is 17.7. The summed E-state index contributed by atoms with van der Waals surface area (Å²) < 4.78 is 0. The van der Waals surface area contributed by atoms with Gasteiger partial charge >= 0.3 is 0 Å². The first-order valence-corrected chi connectivity index (χ1v) is 7.56. The maximum atomic E-state index is 12.3. The number of carbonyl (C=O) groups excluding carboxylic acids is 3. The van der Waals surface area contributed by atoms with E-state index in [-0.39, 0.29) is 23.4 Å². The van der Waals surface area contributed by atoms with E-state index in [2.05, 4.69) is 15.6 Å². The molecule has 0 atom stereocenters. The van der Waals surface area contributed by atoms with Gasteiger partial charge in [0.25, 0.3) is 11.8 Å². The number of Topliss-reactive ketones (excluding diaryl/α,β-unsaturated/α-hetero) is 1. The van der Waals surface area contributed by atoms with Crippen LogP contribution in [0.5, 0.6) is 0 Å². The number of amides is 2. The highest BCUT2D eigenvalue weighted by Gasteiger charge is 2.13. The molecule has 0 saturated carbocycles. The number of carbonyl (C=O) groups is 3. The second kappa shape index (κ2) is 7.50. The minimum atomic E-state index is -0.426. The molecule has 0 bridgehead atoms. The molecule has 2 N–H and O–H groups in total. The largest absolute Gasteiger partial charge is 0.350 e. The van der Waals surface area contributed by atoms with Gasteiger partial charge in [-0.2, -0.15) is 0 Å². The molecule has 0 aliphatic heterocycles. The first-order valence-electron chi connectivity index (χ1n) is 7.56. The molecule has 0 radical (unpaired) electrons. The lowest BCUT2D eigenvalue weighted by Crippen LogP contribution is -2.30. The Balaban J connectivity index is 2.12. The summed E-state index contributed by atoms with van der Waals surface area (Å²) in [4.78, 5) is 39.5. The Bertz CT molecular complexity index is 767. The number of anilines is 1. The van der Waals surface area contributed by atoms with Gasteiger partial charge in [-0.1, -0.05) is 0 Å². The van der Waals surface area contributed by atoms with Crippen LogP contribution >= 0.6 is 0 Å². The number of hydrogen-bond acceptors (Lipinski definition) is 4. The van der Waals surface area contributed by atoms with Crippen molar-refractivity contribution in [2.75, 3.05) is 5.32 Å². The van der Waals surface area contributed by atoms with Gasteiger partial charge in [-0.05, 0) is 57.2 Å². The van der Waals surface area contributed by atoms with E-state index in [4.69, 9.17) is 0 Å². The fourth-order valence-corrected chi connectivity index (χ4v) is 2.02.